The lowest BCUT2D eigenvalue weighted by molar-refractivity contribution is 0.0493. The Bertz CT molecular complexity index is 379. The molecule has 18 heavy (non-hydrogen) atoms. The van der Waals surface area contributed by atoms with Gasteiger partial charge in [-0.1, -0.05) is 13.3 Å². The quantitative estimate of drug-likeness (QED) is 0.751. The third-order valence-corrected chi connectivity index (χ3v) is 3.88. The molecule has 0 aliphatic carbocycles. The smallest absolute Gasteiger partial charge is 0.159 e. The zero-order valence-electron chi connectivity index (χ0n) is 11.6. The van der Waals surface area contributed by atoms with E-state index in [0.717, 1.165) is 40.3 Å². The van der Waals surface area contributed by atoms with E-state index in [2.05, 4.69) is 51.7 Å². The predicted octanol–water partition coefficient (Wildman–Crippen LogP) is 3.70. The van der Waals surface area contributed by atoms with Crippen LogP contribution in [-0.2, 0) is 4.74 Å². The topological polar surface area (TPSA) is 47.0 Å². The second-order valence-electron chi connectivity index (χ2n) is 4.09. The van der Waals surface area contributed by atoms with E-state index in [-0.39, 0.29) is 6.10 Å². The first-order valence-corrected chi connectivity index (χ1v) is 7.61. The summed E-state index contributed by atoms with van der Waals surface area (Å²) in [5.74, 6) is 1.72. The van der Waals surface area contributed by atoms with Crippen LogP contribution >= 0.6 is 22.6 Å². The lowest BCUT2D eigenvalue weighted by atomic mass is 10.2. The van der Waals surface area contributed by atoms with Gasteiger partial charge in [-0.15, -0.1) is 0 Å². The Balaban J connectivity index is 3.06. The standard InChI is InChI=1S/C13H22IN3O/c1-5-8-10(18-7-3)12-16-9(4)11(14)13(17-12)15-6-2/h10H,5-8H2,1-4H3,(H,15,16,17). The monoisotopic (exact) mass is 363 g/mol. The number of hydrogen-bond acceptors (Lipinski definition) is 4. The van der Waals surface area contributed by atoms with Crippen LogP contribution < -0.4 is 5.32 Å². The molecular weight excluding hydrogens is 341 g/mol. The normalized spacial score (nSPS) is 12.5. The first kappa shape index (κ1) is 15.6. The van der Waals surface area contributed by atoms with Crippen LogP contribution in [0.3, 0.4) is 0 Å². The van der Waals surface area contributed by atoms with Gasteiger partial charge in [0.05, 0.1) is 9.26 Å². The summed E-state index contributed by atoms with van der Waals surface area (Å²) in [5, 5.41) is 3.28. The number of hydrogen-bond donors (Lipinski definition) is 1. The first-order chi connectivity index (χ1) is 8.63. The largest absolute Gasteiger partial charge is 0.371 e. The van der Waals surface area contributed by atoms with Gasteiger partial charge < -0.3 is 10.1 Å². The van der Waals surface area contributed by atoms with Crippen LogP contribution in [0.15, 0.2) is 0 Å². The minimum Gasteiger partial charge on any atom is -0.371 e. The molecule has 4 nitrogen and oxygen atoms in total. The summed E-state index contributed by atoms with van der Waals surface area (Å²) >= 11 is 2.28. The van der Waals surface area contributed by atoms with Gasteiger partial charge >= 0.3 is 0 Å². The predicted molar refractivity (Wildman–Crippen MR) is 82.9 cm³/mol. The van der Waals surface area contributed by atoms with E-state index >= 15 is 0 Å². The second-order valence-corrected chi connectivity index (χ2v) is 5.17. The fourth-order valence-corrected chi connectivity index (χ4v) is 2.19. The summed E-state index contributed by atoms with van der Waals surface area (Å²) < 4.78 is 6.83. The van der Waals surface area contributed by atoms with Gasteiger partial charge in [0.15, 0.2) is 5.82 Å². The minimum atomic E-state index is 0.00751. The van der Waals surface area contributed by atoms with Crippen molar-refractivity contribution in [3.8, 4) is 0 Å². The van der Waals surface area contributed by atoms with Gasteiger partial charge in [0.25, 0.3) is 0 Å². The lowest BCUT2D eigenvalue weighted by Gasteiger charge is -2.17. The summed E-state index contributed by atoms with van der Waals surface area (Å²) in [6.45, 7) is 9.79. The van der Waals surface area contributed by atoms with Gasteiger partial charge in [-0.05, 0) is 49.8 Å². The number of rotatable bonds is 7. The van der Waals surface area contributed by atoms with E-state index in [9.17, 15) is 0 Å². The molecule has 0 aliphatic heterocycles. The van der Waals surface area contributed by atoms with E-state index in [1.165, 1.54) is 0 Å². The number of nitrogens with one attached hydrogen (secondary N) is 1. The molecule has 0 aliphatic rings. The molecule has 1 unspecified atom stereocenters. The molecule has 0 bridgehead atoms. The number of anilines is 1. The molecule has 1 aromatic rings. The Morgan fingerprint density at radius 1 is 1.28 bits per heavy atom. The van der Waals surface area contributed by atoms with Crippen molar-refractivity contribution < 1.29 is 4.74 Å². The summed E-state index contributed by atoms with van der Waals surface area (Å²) in [6.07, 6.45) is 2.03. The molecule has 1 heterocycles. The zero-order valence-corrected chi connectivity index (χ0v) is 13.7. The number of nitrogens with zero attached hydrogens (tertiary/aromatic N) is 2. The van der Waals surface area contributed by atoms with E-state index in [0.29, 0.717) is 6.61 Å². The third-order valence-electron chi connectivity index (χ3n) is 2.59. The Morgan fingerprint density at radius 3 is 2.56 bits per heavy atom. The fraction of sp³-hybridized carbons (Fsp3) is 0.692. The third kappa shape index (κ3) is 4.05. The van der Waals surface area contributed by atoms with Crippen LogP contribution in [0.4, 0.5) is 5.82 Å². The summed E-state index contributed by atoms with van der Waals surface area (Å²) in [6, 6.07) is 0. The van der Waals surface area contributed by atoms with E-state index in [1.54, 1.807) is 0 Å². The molecule has 0 saturated carbocycles. The number of ether oxygens (including phenoxy) is 1. The van der Waals surface area contributed by atoms with Crippen molar-refractivity contribution >= 4 is 28.4 Å². The van der Waals surface area contributed by atoms with E-state index in [1.807, 2.05) is 13.8 Å². The average molecular weight is 363 g/mol. The van der Waals surface area contributed by atoms with Crippen molar-refractivity contribution in [3.05, 3.63) is 15.1 Å². The fourth-order valence-electron chi connectivity index (χ4n) is 1.76. The number of aryl methyl sites for hydroxylation is 1. The van der Waals surface area contributed by atoms with Crippen molar-refractivity contribution in [1.29, 1.82) is 0 Å². The summed E-state index contributed by atoms with van der Waals surface area (Å²) in [5.41, 5.74) is 1.01. The molecule has 0 aromatic carbocycles. The van der Waals surface area contributed by atoms with Crippen LogP contribution in [0.5, 0.6) is 0 Å². The molecular formula is C13H22IN3O. The Labute approximate surface area is 123 Å². The molecule has 0 spiro atoms. The van der Waals surface area contributed by atoms with Crippen molar-refractivity contribution in [1.82, 2.24) is 9.97 Å². The lowest BCUT2D eigenvalue weighted by Crippen LogP contribution is -2.13. The number of halogens is 1. The average Bonchev–Trinajstić information content (AvgIpc) is 2.34. The Hall–Kier alpha value is -0.430. The molecule has 102 valence electrons. The molecule has 0 radical (unpaired) electrons. The van der Waals surface area contributed by atoms with Crippen LogP contribution in [0.2, 0.25) is 0 Å². The summed E-state index contributed by atoms with van der Waals surface area (Å²) in [4.78, 5) is 9.18. The van der Waals surface area contributed by atoms with Crippen molar-refractivity contribution in [2.24, 2.45) is 0 Å². The van der Waals surface area contributed by atoms with Gasteiger partial charge in [-0.2, -0.15) is 0 Å². The van der Waals surface area contributed by atoms with Gasteiger partial charge in [0.2, 0.25) is 0 Å². The van der Waals surface area contributed by atoms with E-state index in [4.69, 9.17) is 4.74 Å². The highest BCUT2D eigenvalue weighted by molar-refractivity contribution is 14.1. The Morgan fingerprint density at radius 2 is 2.00 bits per heavy atom. The van der Waals surface area contributed by atoms with Gasteiger partial charge in [-0.3, -0.25) is 0 Å². The van der Waals surface area contributed by atoms with Crippen LogP contribution in [0.25, 0.3) is 0 Å². The van der Waals surface area contributed by atoms with Crippen molar-refractivity contribution in [3.63, 3.8) is 0 Å². The summed E-state index contributed by atoms with van der Waals surface area (Å²) in [7, 11) is 0. The van der Waals surface area contributed by atoms with Gasteiger partial charge in [-0.25, -0.2) is 9.97 Å². The SMILES string of the molecule is CCCC(OCC)c1nc(C)c(I)c(NCC)n1. The minimum absolute atomic E-state index is 0.00751. The van der Waals surface area contributed by atoms with Crippen LogP contribution in [0, 0.1) is 10.5 Å². The van der Waals surface area contributed by atoms with Crippen LogP contribution in [0.1, 0.15) is 51.2 Å². The molecule has 0 fully saturated rings. The molecule has 0 amide bonds. The molecule has 1 aromatic heterocycles. The van der Waals surface area contributed by atoms with Gasteiger partial charge in [0, 0.05) is 13.2 Å². The maximum atomic E-state index is 5.74. The molecule has 1 rings (SSSR count). The highest BCUT2D eigenvalue weighted by Crippen LogP contribution is 2.25. The van der Waals surface area contributed by atoms with Crippen molar-refractivity contribution in [2.75, 3.05) is 18.5 Å². The van der Waals surface area contributed by atoms with Gasteiger partial charge in [0.1, 0.15) is 11.9 Å². The molecule has 1 N–H and O–H groups in total. The molecule has 0 saturated heterocycles. The van der Waals surface area contributed by atoms with Crippen LogP contribution in [-0.4, -0.2) is 23.1 Å². The van der Waals surface area contributed by atoms with Crippen molar-refractivity contribution in [2.45, 2.75) is 46.6 Å². The molecule has 1 atom stereocenters. The molecule has 5 heteroatoms. The number of aromatic nitrogens is 2. The Kier molecular flexibility index (Phi) is 6.85. The first-order valence-electron chi connectivity index (χ1n) is 6.53. The second kappa shape index (κ2) is 7.89. The highest BCUT2D eigenvalue weighted by atomic mass is 127. The maximum absolute atomic E-state index is 5.74. The highest BCUT2D eigenvalue weighted by Gasteiger charge is 2.17. The zero-order chi connectivity index (χ0) is 13.5. The maximum Gasteiger partial charge on any atom is 0.159 e. The van der Waals surface area contributed by atoms with E-state index < -0.39 is 0 Å².